The minimum Gasteiger partial charge on any atom is -0.351 e. The molecule has 1 N–H and O–H groups in total. The lowest BCUT2D eigenvalue weighted by Gasteiger charge is -2.16. The Kier molecular flexibility index (Phi) is 6.10. The van der Waals surface area contributed by atoms with Crippen molar-refractivity contribution < 1.29 is 4.79 Å². The molecule has 0 aliphatic carbocycles. The van der Waals surface area contributed by atoms with Crippen molar-refractivity contribution in [2.75, 3.05) is 13.6 Å². The molecule has 0 saturated heterocycles. The molecule has 2 rings (SSSR count). The van der Waals surface area contributed by atoms with Crippen molar-refractivity contribution in [3.05, 3.63) is 51.5 Å². The molecule has 0 atom stereocenters. The van der Waals surface area contributed by atoms with Gasteiger partial charge in [0.15, 0.2) is 0 Å². The zero-order chi connectivity index (χ0) is 15.9. The average Bonchev–Trinajstić information content (AvgIpc) is 2.95. The maximum absolute atomic E-state index is 11.9. The van der Waals surface area contributed by atoms with Crippen LogP contribution < -0.4 is 5.32 Å². The smallest absolute Gasteiger partial charge is 0.221 e. The second-order valence-corrected chi connectivity index (χ2v) is 6.65. The third-order valence-electron chi connectivity index (χ3n) is 3.34. The first kappa shape index (κ1) is 16.6. The van der Waals surface area contributed by atoms with Gasteiger partial charge in [-0.2, -0.15) is 0 Å². The summed E-state index contributed by atoms with van der Waals surface area (Å²) < 4.78 is 0. The van der Waals surface area contributed by atoms with Crippen molar-refractivity contribution in [2.45, 2.75) is 33.4 Å². The van der Waals surface area contributed by atoms with Crippen molar-refractivity contribution in [3.63, 3.8) is 0 Å². The van der Waals surface area contributed by atoms with Crippen LogP contribution in [0.3, 0.4) is 0 Å². The summed E-state index contributed by atoms with van der Waals surface area (Å²) in [6.45, 7) is 6.20. The fourth-order valence-electron chi connectivity index (χ4n) is 2.34. The zero-order valence-electron chi connectivity index (χ0n) is 13.4. The molecule has 118 valence electrons. The predicted molar refractivity (Wildman–Crippen MR) is 90.8 cm³/mol. The molecule has 22 heavy (non-hydrogen) atoms. The van der Waals surface area contributed by atoms with Crippen LogP contribution in [0.5, 0.6) is 0 Å². The first-order valence-corrected chi connectivity index (χ1v) is 8.32. The van der Waals surface area contributed by atoms with Gasteiger partial charge in [-0.25, -0.2) is 0 Å². The molecule has 2 aromatic rings. The molecule has 0 aliphatic rings. The van der Waals surface area contributed by atoms with Gasteiger partial charge in [-0.15, -0.1) is 11.3 Å². The Bertz CT molecular complexity index is 590. The highest BCUT2D eigenvalue weighted by Crippen LogP contribution is 2.08. The lowest BCUT2D eigenvalue weighted by atomic mass is 10.2. The highest BCUT2D eigenvalue weighted by molar-refractivity contribution is 7.09. The molecule has 0 bridgehead atoms. The van der Waals surface area contributed by atoms with Crippen molar-refractivity contribution in [1.82, 2.24) is 15.2 Å². The Labute approximate surface area is 136 Å². The van der Waals surface area contributed by atoms with E-state index in [9.17, 15) is 4.79 Å². The van der Waals surface area contributed by atoms with Crippen LogP contribution in [0.4, 0.5) is 0 Å². The van der Waals surface area contributed by atoms with Crippen LogP contribution >= 0.6 is 11.3 Å². The maximum atomic E-state index is 11.9. The normalized spacial score (nSPS) is 10.9. The topological polar surface area (TPSA) is 45.2 Å². The number of nitrogens with zero attached hydrogens (tertiary/aromatic N) is 2. The number of nitrogens with one attached hydrogen (secondary N) is 1. The van der Waals surface area contributed by atoms with E-state index in [1.807, 2.05) is 31.5 Å². The standard InChI is InChI=1S/C17H23N3OS/c1-13-9-14(2)19-15(10-13)12-20(3)7-6-17(21)18-11-16-5-4-8-22-16/h4-5,8-10H,6-7,11-12H2,1-3H3,(H,18,21). The number of pyridine rings is 1. The number of aromatic nitrogens is 1. The number of amides is 1. The third-order valence-corrected chi connectivity index (χ3v) is 4.22. The van der Waals surface area contributed by atoms with Crippen LogP contribution in [-0.2, 0) is 17.9 Å². The Balaban J connectivity index is 1.72. The molecule has 4 nitrogen and oxygen atoms in total. The van der Waals surface area contributed by atoms with Crippen LogP contribution in [-0.4, -0.2) is 29.4 Å². The Morgan fingerprint density at radius 2 is 2.18 bits per heavy atom. The quantitative estimate of drug-likeness (QED) is 0.854. The van der Waals surface area contributed by atoms with Gasteiger partial charge in [-0.1, -0.05) is 6.07 Å². The predicted octanol–water partition coefficient (Wildman–Crippen LogP) is 2.90. The molecule has 0 saturated carbocycles. The van der Waals surface area contributed by atoms with Crippen LogP contribution in [0, 0.1) is 13.8 Å². The molecule has 0 spiro atoms. The number of rotatable bonds is 7. The largest absolute Gasteiger partial charge is 0.351 e. The van der Waals surface area contributed by atoms with E-state index in [4.69, 9.17) is 0 Å². The van der Waals surface area contributed by atoms with Gasteiger partial charge in [0, 0.05) is 30.1 Å². The lowest BCUT2D eigenvalue weighted by molar-refractivity contribution is -0.121. The molecular formula is C17H23N3OS. The molecule has 0 aromatic carbocycles. The number of hydrogen-bond acceptors (Lipinski definition) is 4. The zero-order valence-corrected chi connectivity index (χ0v) is 14.2. The highest BCUT2D eigenvalue weighted by atomic mass is 32.1. The summed E-state index contributed by atoms with van der Waals surface area (Å²) in [6.07, 6.45) is 0.507. The summed E-state index contributed by atoms with van der Waals surface area (Å²) in [5, 5.41) is 4.97. The van der Waals surface area contributed by atoms with Gasteiger partial charge in [0.1, 0.15) is 0 Å². The second-order valence-electron chi connectivity index (χ2n) is 5.62. The number of carbonyl (C=O) groups is 1. The summed E-state index contributed by atoms with van der Waals surface area (Å²) in [7, 11) is 2.02. The summed E-state index contributed by atoms with van der Waals surface area (Å²) in [5.41, 5.74) is 3.32. The third kappa shape index (κ3) is 5.58. The number of thiophene rings is 1. The number of carbonyl (C=O) groups excluding carboxylic acids is 1. The van der Waals surface area contributed by atoms with Gasteiger partial charge in [-0.05, 0) is 50.0 Å². The van der Waals surface area contributed by atoms with Crippen molar-refractivity contribution in [3.8, 4) is 0 Å². The van der Waals surface area contributed by atoms with Crippen molar-refractivity contribution >= 4 is 17.2 Å². The molecule has 0 radical (unpaired) electrons. The van der Waals surface area contributed by atoms with Crippen LogP contribution in [0.2, 0.25) is 0 Å². The van der Waals surface area contributed by atoms with Crippen LogP contribution in [0.25, 0.3) is 0 Å². The van der Waals surface area contributed by atoms with E-state index in [1.165, 1.54) is 10.4 Å². The molecule has 0 fully saturated rings. The van der Waals surface area contributed by atoms with E-state index in [2.05, 4.69) is 34.3 Å². The molecule has 5 heteroatoms. The van der Waals surface area contributed by atoms with E-state index in [0.29, 0.717) is 13.0 Å². The Morgan fingerprint density at radius 3 is 2.86 bits per heavy atom. The van der Waals surface area contributed by atoms with E-state index < -0.39 is 0 Å². The molecule has 2 heterocycles. The summed E-state index contributed by atoms with van der Waals surface area (Å²) in [5.74, 6) is 0.0913. The fraction of sp³-hybridized carbons (Fsp3) is 0.412. The summed E-state index contributed by atoms with van der Waals surface area (Å²) in [6, 6.07) is 8.20. The van der Waals surface area contributed by atoms with Crippen molar-refractivity contribution in [1.29, 1.82) is 0 Å². The molecule has 2 aromatic heterocycles. The average molecular weight is 317 g/mol. The highest BCUT2D eigenvalue weighted by Gasteiger charge is 2.07. The Hall–Kier alpha value is -1.72. The van der Waals surface area contributed by atoms with Gasteiger partial charge in [-0.3, -0.25) is 9.78 Å². The summed E-state index contributed by atoms with van der Waals surface area (Å²) >= 11 is 1.66. The SMILES string of the molecule is Cc1cc(C)nc(CN(C)CCC(=O)NCc2cccs2)c1. The molecule has 0 aliphatic heterocycles. The van der Waals surface area contributed by atoms with Gasteiger partial charge >= 0.3 is 0 Å². The summed E-state index contributed by atoms with van der Waals surface area (Å²) in [4.78, 5) is 19.7. The second kappa shape index (κ2) is 8.06. The maximum Gasteiger partial charge on any atom is 0.221 e. The minimum absolute atomic E-state index is 0.0913. The van der Waals surface area contributed by atoms with Gasteiger partial charge in [0.05, 0.1) is 12.2 Å². The van der Waals surface area contributed by atoms with Gasteiger partial charge in [0.2, 0.25) is 5.91 Å². The first-order chi connectivity index (χ1) is 10.5. The molecule has 0 unspecified atom stereocenters. The van der Waals surface area contributed by atoms with E-state index in [0.717, 1.165) is 24.5 Å². The van der Waals surface area contributed by atoms with E-state index in [-0.39, 0.29) is 5.91 Å². The van der Waals surface area contributed by atoms with Crippen LogP contribution in [0.15, 0.2) is 29.6 Å². The van der Waals surface area contributed by atoms with Crippen LogP contribution in [0.1, 0.15) is 28.2 Å². The Morgan fingerprint density at radius 1 is 1.36 bits per heavy atom. The van der Waals surface area contributed by atoms with E-state index in [1.54, 1.807) is 11.3 Å². The lowest BCUT2D eigenvalue weighted by Crippen LogP contribution is -2.28. The van der Waals surface area contributed by atoms with Crippen molar-refractivity contribution in [2.24, 2.45) is 0 Å². The number of hydrogen-bond donors (Lipinski definition) is 1. The molecular weight excluding hydrogens is 294 g/mol. The van der Waals surface area contributed by atoms with E-state index >= 15 is 0 Å². The van der Waals surface area contributed by atoms with Gasteiger partial charge in [0.25, 0.3) is 0 Å². The number of aryl methyl sites for hydroxylation is 2. The molecule has 1 amide bonds. The first-order valence-electron chi connectivity index (χ1n) is 7.45. The monoisotopic (exact) mass is 317 g/mol. The fourth-order valence-corrected chi connectivity index (χ4v) is 2.99. The minimum atomic E-state index is 0.0913. The van der Waals surface area contributed by atoms with Gasteiger partial charge < -0.3 is 10.2 Å².